The number of pyridine rings is 1. The summed E-state index contributed by atoms with van der Waals surface area (Å²) in [6.45, 7) is 6.42. The lowest BCUT2D eigenvalue weighted by molar-refractivity contribution is 0.0955. The number of fused-ring (bicyclic) bond motifs is 1. The average molecular weight is 416 g/mol. The Bertz CT molecular complexity index is 989. The molecule has 0 atom stereocenters. The maximum atomic E-state index is 12.6. The Labute approximate surface area is 173 Å². The molecule has 0 fully saturated rings. The van der Waals surface area contributed by atoms with Gasteiger partial charge in [-0.15, -0.1) is 11.3 Å². The number of aliphatic hydroxyl groups is 1. The second kappa shape index (κ2) is 9.62. The van der Waals surface area contributed by atoms with Gasteiger partial charge in [0.25, 0.3) is 5.91 Å². The highest BCUT2D eigenvalue weighted by Gasteiger charge is 2.20. The number of anilines is 2. The molecule has 0 unspecified atom stereocenters. The molecular formula is C20H25N5O3S. The molecule has 9 heteroatoms. The Hall–Kier alpha value is -2.78. The Morgan fingerprint density at radius 2 is 2.10 bits per heavy atom. The average Bonchev–Trinajstić information content (AvgIpc) is 3.04. The summed E-state index contributed by atoms with van der Waals surface area (Å²) in [5.41, 5.74) is 1.52. The fraction of sp³-hybridized carbons (Fsp3) is 0.400. The van der Waals surface area contributed by atoms with Crippen molar-refractivity contribution in [3.8, 4) is 5.88 Å². The van der Waals surface area contributed by atoms with Crippen LogP contribution in [-0.4, -0.2) is 45.2 Å². The molecule has 0 aromatic carbocycles. The first-order valence-corrected chi connectivity index (χ1v) is 10.3. The monoisotopic (exact) mass is 415 g/mol. The number of carbonyl (C=O) groups is 1. The van der Waals surface area contributed by atoms with Crippen molar-refractivity contribution in [1.29, 1.82) is 0 Å². The van der Waals surface area contributed by atoms with E-state index in [1.54, 1.807) is 6.20 Å². The third-order valence-corrected chi connectivity index (χ3v) is 5.37. The van der Waals surface area contributed by atoms with Crippen LogP contribution in [0.2, 0.25) is 0 Å². The van der Waals surface area contributed by atoms with E-state index >= 15 is 0 Å². The van der Waals surface area contributed by atoms with Gasteiger partial charge < -0.3 is 20.5 Å². The lowest BCUT2D eigenvalue weighted by Gasteiger charge is -2.14. The number of aliphatic hydroxyl groups excluding tert-OH is 1. The van der Waals surface area contributed by atoms with Gasteiger partial charge in [-0.2, -0.15) is 0 Å². The van der Waals surface area contributed by atoms with Crippen molar-refractivity contribution < 1.29 is 14.6 Å². The van der Waals surface area contributed by atoms with Gasteiger partial charge in [0, 0.05) is 19.3 Å². The summed E-state index contributed by atoms with van der Waals surface area (Å²) in [6.07, 6.45) is 4.53. The van der Waals surface area contributed by atoms with Gasteiger partial charge in [-0.05, 0) is 51.3 Å². The van der Waals surface area contributed by atoms with Gasteiger partial charge in [-0.1, -0.05) is 0 Å². The van der Waals surface area contributed by atoms with Gasteiger partial charge in [0.1, 0.15) is 22.7 Å². The lowest BCUT2D eigenvalue weighted by Crippen LogP contribution is -2.24. The van der Waals surface area contributed by atoms with E-state index in [4.69, 9.17) is 9.84 Å². The molecule has 0 saturated carbocycles. The molecule has 0 radical (unpaired) electrons. The molecule has 0 spiro atoms. The van der Waals surface area contributed by atoms with E-state index < -0.39 is 0 Å². The fourth-order valence-electron chi connectivity index (χ4n) is 2.83. The van der Waals surface area contributed by atoms with Crippen molar-refractivity contribution in [2.45, 2.75) is 39.7 Å². The van der Waals surface area contributed by atoms with Crippen molar-refractivity contribution >= 4 is 39.0 Å². The van der Waals surface area contributed by atoms with Crippen LogP contribution in [0, 0.1) is 6.92 Å². The molecule has 8 nitrogen and oxygen atoms in total. The third kappa shape index (κ3) is 4.99. The second-order valence-corrected chi connectivity index (χ2v) is 7.79. The number of hydrogen-bond acceptors (Lipinski definition) is 8. The van der Waals surface area contributed by atoms with Crippen LogP contribution in [0.5, 0.6) is 5.88 Å². The zero-order valence-electron chi connectivity index (χ0n) is 16.7. The molecule has 3 aromatic heterocycles. The topological polar surface area (TPSA) is 109 Å². The number of aromatic nitrogens is 3. The maximum Gasteiger partial charge on any atom is 0.261 e. The SMILES string of the molecule is Cc1c(C(=O)NCCCCO)sc2ncnc(Nc3cccnc3OC(C)C)c12. The summed E-state index contributed by atoms with van der Waals surface area (Å²) < 4.78 is 5.77. The van der Waals surface area contributed by atoms with Crippen LogP contribution in [0.4, 0.5) is 11.5 Å². The first kappa shape index (κ1) is 20.9. The molecule has 3 rings (SSSR count). The minimum Gasteiger partial charge on any atom is -0.473 e. The Morgan fingerprint density at radius 1 is 1.28 bits per heavy atom. The van der Waals surface area contributed by atoms with Gasteiger partial charge in [-0.25, -0.2) is 15.0 Å². The molecule has 3 heterocycles. The third-order valence-electron chi connectivity index (χ3n) is 4.18. The molecule has 3 aromatic rings. The van der Waals surface area contributed by atoms with E-state index in [0.29, 0.717) is 35.2 Å². The van der Waals surface area contributed by atoms with Crippen LogP contribution in [0.1, 0.15) is 41.9 Å². The molecule has 0 saturated heterocycles. The van der Waals surface area contributed by atoms with E-state index in [-0.39, 0.29) is 18.6 Å². The minimum absolute atomic E-state index is 0.0140. The number of carbonyl (C=O) groups excluding carboxylic acids is 1. The number of thiophene rings is 1. The van der Waals surface area contributed by atoms with E-state index in [2.05, 4.69) is 25.6 Å². The second-order valence-electron chi connectivity index (χ2n) is 6.79. The molecule has 3 N–H and O–H groups in total. The van der Waals surface area contributed by atoms with Crippen LogP contribution in [0.25, 0.3) is 10.2 Å². The van der Waals surface area contributed by atoms with Gasteiger partial charge in [0.2, 0.25) is 5.88 Å². The summed E-state index contributed by atoms with van der Waals surface area (Å²) in [5.74, 6) is 0.952. The standard InChI is InChI=1S/C20H25N5O3S/c1-12(2)28-19-14(7-6-9-22-19)25-17-15-13(3)16(29-20(15)24-11-23-17)18(27)21-8-4-5-10-26/h6-7,9,11-12,26H,4-5,8,10H2,1-3H3,(H,21,27)(H,23,24,25). The van der Waals surface area contributed by atoms with Crippen LogP contribution < -0.4 is 15.4 Å². The van der Waals surface area contributed by atoms with Crippen molar-refractivity contribution in [2.75, 3.05) is 18.5 Å². The van der Waals surface area contributed by atoms with E-state index in [1.165, 1.54) is 17.7 Å². The van der Waals surface area contributed by atoms with Crippen LogP contribution >= 0.6 is 11.3 Å². The quantitative estimate of drug-likeness (QED) is 0.459. The molecular weight excluding hydrogens is 390 g/mol. The fourth-order valence-corrected chi connectivity index (χ4v) is 3.90. The maximum absolute atomic E-state index is 12.6. The predicted octanol–water partition coefficient (Wildman–Crippen LogP) is 3.43. The first-order valence-electron chi connectivity index (χ1n) is 9.53. The first-order chi connectivity index (χ1) is 14.0. The van der Waals surface area contributed by atoms with E-state index in [0.717, 1.165) is 22.2 Å². The van der Waals surface area contributed by atoms with Crippen molar-refractivity contribution in [2.24, 2.45) is 0 Å². The molecule has 1 amide bonds. The van der Waals surface area contributed by atoms with Gasteiger partial charge in [0.15, 0.2) is 0 Å². The molecule has 154 valence electrons. The minimum atomic E-state index is -0.139. The summed E-state index contributed by atoms with van der Waals surface area (Å²) in [5, 5.41) is 15.8. The highest BCUT2D eigenvalue weighted by Crippen LogP contribution is 2.35. The van der Waals surface area contributed by atoms with Crippen molar-refractivity contribution in [1.82, 2.24) is 20.3 Å². The van der Waals surface area contributed by atoms with Crippen LogP contribution in [-0.2, 0) is 0 Å². The van der Waals surface area contributed by atoms with Gasteiger partial charge >= 0.3 is 0 Å². The molecule has 0 bridgehead atoms. The number of amides is 1. The smallest absolute Gasteiger partial charge is 0.261 e. The van der Waals surface area contributed by atoms with Crippen molar-refractivity contribution in [3.63, 3.8) is 0 Å². The number of rotatable bonds is 9. The molecule has 0 aliphatic heterocycles. The Morgan fingerprint density at radius 3 is 2.86 bits per heavy atom. The summed E-state index contributed by atoms with van der Waals surface area (Å²) in [7, 11) is 0. The number of ether oxygens (including phenoxy) is 1. The van der Waals surface area contributed by atoms with E-state index in [9.17, 15) is 4.79 Å². The van der Waals surface area contributed by atoms with Crippen LogP contribution in [0.3, 0.4) is 0 Å². The van der Waals surface area contributed by atoms with Gasteiger partial charge in [-0.3, -0.25) is 4.79 Å². The van der Waals surface area contributed by atoms with Crippen LogP contribution in [0.15, 0.2) is 24.7 Å². The Balaban J connectivity index is 1.89. The highest BCUT2D eigenvalue weighted by atomic mass is 32.1. The number of hydrogen-bond donors (Lipinski definition) is 3. The summed E-state index contributed by atoms with van der Waals surface area (Å²) in [6, 6.07) is 3.69. The Kier molecular flexibility index (Phi) is 6.95. The lowest BCUT2D eigenvalue weighted by atomic mass is 10.2. The normalized spacial score (nSPS) is 11.1. The van der Waals surface area contributed by atoms with Crippen molar-refractivity contribution in [3.05, 3.63) is 35.1 Å². The van der Waals surface area contributed by atoms with Gasteiger partial charge in [0.05, 0.1) is 16.4 Å². The summed E-state index contributed by atoms with van der Waals surface area (Å²) in [4.78, 5) is 26.9. The summed E-state index contributed by atoms with van der Waals surface area (Å²) >= 11 is 1.34. The highest BCUT2D eigenvalue weighted by molar-refractivity contribution is 7.20. The van der Waals surface area contributed by atoms with E-state index in [1.807, 2.05) is 32.9 Å². The zero-order valence-corrected chi connectivity index (χ0v) is 17.5. The number of unbranched alkanes of at least 4 members (excludes halogenated alkanes) is 1. The number of nitrogens with one attached hydrogen (secondary N) is 2. The predicted molar refractivity (Wildman–Crippen MR) is 114 cm³/mol. The number of aryl methyl sites for hydroxylation is 1. The number of nitrogens with zero attached hydrogens (tertiary/aromatic N) is 3. The molecule has 0 aliphatic rings. The largest absolute Gasteiger partial charge is 0.473 e. The molecule has 0 aliphatic carbocycles. The zero-order chi connectivity index (χ0) is 20.8. The molecule has 29 heavy (non-hydrogen) atoms.